The second-order valence-corrected chi connectivity index (χ2v) is 5.10. The van der Waals surface area contributed by atoms with E-state index < -0.39 is 5.60 Å². The fraction of sp³-hybridized carbons (Fsp3) is 0.500. The van der Waals surface area contributed by atoms with Gasteiger partial charge < -0.3 is 15.7 Å². The molecule has 1 aromatic rings. The number of amides is 2. The molecule has 5 nitrogen and oxygen atoms in total. The van der Waals surface area contributed by atoms with Crippen molar-refractivity contribution < 1.29 is 14.7 Å². The maximum absolute atomic E-state index is 12.1. The van der Waals surface area contributed by atoms with Crippen molar-refractivity contribution in [3.63, 3.8) is 0 Å². The van der Waals surface area contributed by atoms with Crippen LogP contribution in [0.1, 0.15) is 50.4 Å². The highest BCUT2D eigenvalue weighted by molar-refractivity contribution is 5.97. The molecule has 0 aliphatic heterocycles. The van der Waals surface area contributed by atoms with Crippen molar-refractivity contribution in [2.45, 2.75) is 45.6 Å². The standard InChI is InChI=1S/C16H24N2O3/c1-4-14(19)18-13-9-7-8-12(10-13)15(20)17-11-16(21,5-2)6-3/h7-10,21H,4-6,11H2,1-3H3,(H,17,20)(H,18,19). The number of benzene rings is 1. The summed E-state index contributed by atoms with van der Waals surface area (Å²) in [6, 6.07) is 6.75. The first kappa shape index (κ1) is 17.2. The molecule has 2 amide bonds. The zero-order valence-corrected chi connectivity index (χ0v) is 12.9. The summed E-state index contributed by atoms with van der Waals surface area (Å²) in [6.45, 7) is 5.75. The molecule has 5 heteroatoms. The van der Waals surface area contributed by atoms with Crippen LogP contribution in [-0.2, 0) is 4.79 Å². The van der Waals surface area contributed by atoms with Gasteiger partial charge in [-0.05, 0) is 31.0 Å². The number of nitrogens with one attached hydrogen (secondary N) is 2. The van der Waals surface area contributed by atoms with E-state index in [-0.39, 0.29) is 18.4 Å². The van der Waals surface area contributed by atoms with E-state index in [1.165, 1.54) is 0 Å². The Labute approximate surface area is 125 Å². The van der Waals surface area contributed by atoms with E-state index >= 15 is 0 Å². The van der Waals surface area contributed by atoms with Crippen LogP contribution in [0.15, 0.2) is 24.3 Å². The van der Waals surface area contributed by atoms with E-state index in [1.807, 2.05) is 13.8 Å². The van der Waals surface area contributed by atoms with Crippen molar-refractivity contribution in [3.05, 3.63) is 29.8 Å². The van der Waals surface area contributed by atoms with Gasteiger partial charge in [-0.15, -0.1) is 0 Å². The van der Waals surface area contributed by atoms with E-state index in [0.717, 1.165) is 0 Å². The molecule has 0 aliphatic rings. The minimum atomic E-state index is -0.871. The zero-order chi connectivity index (χ0) is 15.9. The first-order chi connectivity index (χ1) is 9.94. The SMILES string of the molecule is CCC(=O)Nc1cccc(C(=O)NCC(O)(CC)CC)c1. The van der Waals surface area contributed by atoms with Gasteiger partial charge >= 0.3 is 0 Å². The highest BCUT2D eigenvalue weighted by atomic mass is 16.3. The maximum Gasteiger partial charge on any atom is 0.251 e. The molecule has 0 radical (unpaired) electrons. The Morgan fingerprint density at radius 2 is 1.86 bits per heavy atom. The second-order valence-electron chi connectivity index (χ2n) is 5.10. The Morgan fingerprint density at radius 3 is 2.43 bits per heavy atom. The van der Waals surface area contributed by atoms with Crippen molar-refractivity contribution in [2.24, 2.45) is 0 Å². The third-order valence-corrected chi connectivity index (χ3v) is 3.62. The summed E-state index contributed by atoms with van der Waals surface area (Å²) in [5, 5.41) is 15.6. The molecular weight excluding hydrogens is 268 g/mol. The molecular formula is C16H24N2O3. The van der Waals surface area contributed by atoms with Crippen LogP contribution in [0.2, 0.25) is 0 Å². The fourth-order valence-electron chi connectivity index (χ4n) is 1.83. The van der Waals surface area contributed by atoms with Crippen molar-refractivity contribution in [2.75, 3.05) is 11.9 Å². The van der Waals surface area contributed by atoms with Crippen LogP contribution in [-0.4, -0.2) is 29.1 Å². The van der Waals surface area contributed by atoms with Crippen molar-refractivity contribution in [3.8, 4) is 0 Å². The third kappa shape index (κ3) is 5.19. The lowest BCUT2D eigenvalue weighted by Crippen LogP contribution is -2.42. The van der Waals surface area contributed by atoms with Gasteiger partial charge in [0, 0.05) is 24.2 Å². The highest BCUT2D eigenvalue weighted by Gasteiger charge is 2.23. The fourth-order valence-corrected chi connectivity index (χ4v) is 1.83. The molecule has 1 rings (SSSR count). The van der Waals surface area contributed by atoms with Gasteiger partial charge in [-0.3, -0.25) is 9.59 Å². The molecule has 0 aliphatic carbocycles. The second kappa shape index (κ2) is 7.78. The van der Waals surface area contributed by atoms with Crippen LogP contribution in [0.4, 0.5) is 5.69 Å². The molecule has 0 bridgehead atoms. The molecule has 0 saturated carbocycles. The first-order valence-corrected chi connectivity index (χ1v) is 7.34. The van der Waals surface area contributed by atoms with Crippen molar-refractivity contribution in [1.82, 2.24) is 5.32 Å². The van der Waals surface area contributed by atoms with Gasteiger partial charge in [0.2, 0.25) is 5.91 Å². The van der Waals surface area contributed by atoms with Crippen molar-refractivity contribution >= 4 is 17.5 Å². The largest absolute Gasteiger partial charge is 0.388 e. The Kier molecular flexibility index (Phi) is 6.37. The number of rotatable bonds is 7. The monoisotopic (exact) mass is 292 g/mol. The van der Waals surface area contributed by atoms with Gasteiger partial charge in [-0.25, -0.2) is 0 Å². The molecule has 1 aromatic carbocycles. The van der Waals surface area contributed by atoms with Crippen LogP contribution >= 0.6 is 0 Å². The molecule has 3 N–H and O–H groups in total. The average molecular weight is 292 g/mol. The molecule has 116 valence electrons. The predicted octanol–water partition coefficient (Wildman–Crippen LogP) is 2.32. The van der Waals surface area contributed by atoms with Crippen LogP contribution in [0.3, 0.4) is 0 Å². The Bertz CT molecular complexity index is 496. The normalized spacial score (nSPS) is 11.0. The molecule has 0 heterocycles. The van der Waals surface area contributed by atoms with E-state index in [4.69, 9.17) is 0 Å². The molecule has 0 aromatic heterocycles. The number of carbonyl (C=O) groups excluding carboxylic acids is 2. The van der Waals surface area contributed by atoms with E-state index in [1.54, 1.807) is 31.2 Å². The third-order valence-electron chi connectivity index (χ3n) is 3.62. The molecule has 0 fully saturated rings. The van der Waals surface area contributed by atoms with E-state index in [2.05, 4.69) is 10.6 Å². The summed E-state index contributed by atoms with van der Waals surface area (Å²) in [7, 11) is 0. The summed E-state index contributed by atoms with van der Waals surface area (Å²) in [5.74, 6) is -0.359. The van der Waals surface area contributed by atoms with Gasteiger partial charge in [0.1, 0.15) is 0 Å². The lowest BCUT2D eigenvalue weighted by atomic mass is 9.97. The number of anilines is 1. The number of hydrogen-bond acceptors (Lipinski definition) is 3. The van der Waals surface area contributed by atoms with Crippen LogP contribution in [0.25, 0.3) is 0 Å². The summed E-state index contributed by atoms with van der Waals surface area (Å²) >= 11 is 0. The Balaban J connectivity index is 2.70. The number of carbonyl (C=O) groups is 2. The summed E-state index contributed by atoms with van der Waals surface area (Å²) < 4.78 is 0. The Morgan fingerprint density at radius 1 is 1.19 bits per heavy atom. The molecule has 0 saturated heterocycles. The summed E-state index contributed by atoms with van der Waals surface area (Å²) in [6.07, 6.45) is 1.54. The minimum absolute atomic E-state index is 0.0982. The van der Waals surface area contributed by atoms with Crippen molar-refractivity contribution in [1.29, 1.82) is 0 Å². The van der Waals surface area contributed by atoms with Gasteiger partial charge in [0.05, 0.1) is 5.60 Å². The highest BCUT2D eigenvalue weighted by Crippen LogP contribution is 2.14. The topological polar surface area (TPSA) is 78.4 Å². The van der Waals surface area contributed by atoms with Gasteiger partial charge in [0.15, 0.2) is 0 Å². The summed E-state index contributed by atoms with van der Waals surface area (Å²) in [4.78, 5) is 23.4. The average Bonchev–Trinajstić information content (AvgIpc) is 2.52. The lowest BCUT2D eigenvalue weighted by molar-refractivity contribution is -0.115. The first-order valence-electron chi connectivity index (χ1n) is 7.34. The van der Waals surface area contributed by atoms with E-state index in [0.29, 0.717) is 30.5 Å². The molecule has 0 spiro atoms. The van der Waals surface area contributed by atoms with Crippen LogP contribution in [0.5, 0.6) is 0 Å². The van der Waals surface area contributed by atoms with Crippen LogP contribution < -0.4 is 10.6 Å². The van der Waals surface area contributed by atoms with Gasteiger partial charge in [-0.2, -0.15) is 0 Å². The quantitative estimate of drug-likeness (QED) is 0.721. The maximum atomic E-state index is 12.1. The zero-order valence-electron chi connectivity index (χ0n) is 12.9. The van der Waals surface area contributed by atoms with Gasteiger partial charge in [-0.1, -0.05) is 26.8 Å². The van der Waals surface area contributed by atoms with E-state index in [9.17, 15) is 14.7 Å². The lowest BCUT2D eigenvalue weighted by Gasteiger charge is -2.25. The number of aliphatic hydroxyl groups is 1. The molecule has 0 unspecified atom stereocenters. The molecule has 0 atom stereocenters. The predicted molar refractivity (Wildman–Crippen MR) is 83.2 cm³/mol. The smallest absolute Gasteiger partial charge is 0.251 e. The Hall–Kier alpha value is -1.88. The van der Waals surface area contributed by atoms with Gasteiger partial charge in [0.25, 0.3) is 5.91 Å². The summed E-state index contributed by atoms with van der Waals surface area (Å²) in [5.41, 5.74) is 0.179. The van der Waals surface area contributed by atoms with Crippen LogP contribution in [0, 0.1) is 0 Å². The minimum Gasteiger partial charge on any atom is -0.388 e. The number of hydrogen-bond donors (Lipinski definition) is 3. The molecule has 21 heavy (non-hydrogen) atoms.